The molecule has 1 aliphatic heterocycles. The number of aromatic nitrogens is 6. The van der Waals surface area contributed by atoms with Gasteiger partial charge in [-0.1, -0.05) is 0 Å². The Morgan fingerprint density at radius 3 is 2.62 bits per heavy atom. The Hall–Kier alpha value is -2.84. The van der Waals surface area contributed by atoms with Crippen molar-refractivity contribution in [1.29, 1.82) is 0 Å². The fourth-order valence-corrected chi connectivity index (χ4v) is 2.93. The van der Waals surface area contributed by atoms with Crippen molar-refractivity contribution < 1.29 is 4.63 Å². The zero-order valence-electron chi connectivity index (χ0n) is 13.6. The fourth-order valence-electron chi connectivity index (χ4n) is 2.93. The van der Waals surface area contributed by atoms with Gasteiger partial charge in [-0.15, -0.1) is 0 Å². The Morgan fingerprint density at radius 1 is 1.17 bits per heavy atom. The van der Waals surface area contributed by atoms with E-state index in [4.69, 9.17) is 4.63 Å². The molecule has 0 radical (unpaired) electrons. The summed E-state index contributed by atoms with van der Waals surface area (Å²) in [6.45, 7) is 4.01. The quantitative estimate of drug-likeness (QED) is 0.708. The second-order valence-corrected chi connectivity index (χ2v) is 5.90. The third-order valence-electron chi connectivity index (χ3n) is 4.43. The molecule has 0 aliphatic carbocycles. The highest BCUT2D eigenvalue weighted by Crippen LogP contribution is 2.32. The number of hydrogen-bond acceptors (Lipinski definition) is 9. The number of fused-ring (bicyclic) bond motifs is 1. The molecule has 0 saturated carbocycles. The third-order valence-corrected chi connectivity index (χ3v) is 4.43. The van der Waals surface area contributed by atoms with E-state index in [1.54, 1.807) is 12.5 Å². The van der Waals surface area contributed by atoms with Crippen molar-refractivity contribution in [1.82, 2.24) is 30.2 Å². The number of hydrogen-bond donors (Lipinski definition) is 0. The minimum Gasteiger partial charge on any atom is -0.353 e. The maximum absolute atomic E-state index is 4.78. The van der Waals surface area contributed by atoms with Crippen LogP contribution in [0, 0.1) is 0 Å². The van der Waals surface area contributed by atoms with Crippen molar-refractivity contribution in [3.05, 3.63) is 24.3 Å². The molecule has 0 bridgehead atoms. The van der Waals surface area contributed by atoms with Crippen LogP contribution < -0.4 is 9.80 Å². The maximum atomic E-state index is 4.78. The van der Waals surface area contributed by atoms with Crippen LogP contribution in [0.15, 0.2) is 23.2 Å². The van der Waals surface area contributed by atoms with Crippen molar-refractivity contribution in [3.8, 4) is 0 Å². The van der Waals surface area contributed by atoms with Crippen LogP contribution in [0.4, 0.5) is 11.6 Å². The Balaban J connectivity index is 1.77. The van der Waals surface area contributed by atoms with Crippen LogP contribution >= 0.6 is 0 Å². The lowest BCUT2D eigenvalue weighted by atomic mass is 10.2. The highest BCUT2D eigenvalue weighted by Gasteiger charge is 2.26. The highest BCUT2D eigenvalue weighted by molar-refractivity contribution is 5.75. The molecule has 24 heavy (non-hydrogen) atoms. The van der Waals surface area contributed by atoms with Crippen molar-refractivity contribution in [2.75, 3.05) is 29.9 Å². The monoisotopic (exact) mass is 326 g/mol. The number of rotatable bonds is 4. The molecule has 9 heteroatoms. The standard InChI is InChI=1S/C15H18N8O/c1-10(11-5-6-16-9-17-11)22(2)14-15(23-7-3-4-8-23)19-13-12(18-14)20-24-21-13/h5-6,9-10H,3-4,7-8H2,1-2H3/t10-/m1/s1. The average molecular weight is 326 g/mol. The summed E-state index contributed by atoms with van der Waals surface area (Å²) >= 11 is 0. The molecule has 9 nitrogen and oxygen atoms in total. The van der Waals surface area contributed by atoms with Gasteiger partial charge in [0, 0.05) is 26.3 Å². The van der Waals surface area contributed by atoms with Crippen LogP contribution in [-0.2, 0) is 0 Å². The molecular weight excluding hydrogens is 308 g/mol. The molecule has 0 amide bonds. The molecule has 1 fully saturated rings. The lowest BCUT2D eigenvalue weighted by Gasteiger charge is -2.29. The summed E-state index contributed by atoms with van der Waals surface area (Å²) in [5.74, 6) is 1.57. The molecule has 1 atom stereocenters. The summed E-state index contributed by atoms with van der Waals surface area (Å²) in [5, 5.41) is 7.66. The molecule has 0 aromatic carbocycles. The van der Waals surface area contributed by atoms with Gasteiger partial charge >= 0.3 is 0 Å². The predicted molar refractivity (Wildman–Crippen MR) is 87.7 cm³/mol. The lowest BCUT2D eigenvalue weighted by molar-refractivity contribution is 0.314. The van der Waals surface area contributed by atoms with Gasteiger partial charge in [0.05, 0.1) is 11.7 Å². The molecule has 0 unspecified atom stereocenters. The topological polar surface area (TPSA) is 97.0 Å². The van der Waals surface area contributed by atoms with Gasteiger partial charge in [0.2, 0.25) is 11.3 Å². The van der Waals surface area contributed by atoms with Gasteiger partial charge in [0.15, 0.2) is 11.6 Å². The molecule has 4 rings (SSSR count). The van der Waals surface area contributed by atoms with Crippen LogP contribution in [0.25, 0.3) is 11.3 Å². The van der Waals surface area contributed by atoms with Crippen LogP contribution in [-0.4, -0.2) is 50.4 Å². The second-order valence-electron chi connectivity index (χ2n) is 5.90. The van der Waals surface area contributed by atoms with E-state index in [0.29, 0.717) is 11.3 Å². The summed E-state index contributed by atoms with van der Waals surface area (Å²) in [4.78, 5) is 21.9. The Bertz CT molecular complexity index is 830. The second kappa shape index (κ2) is 5.99. The fraction of sp³-hybridized carbons (Fsp3) is 0.467. The molecule has 4 heterocycles. The summed E-state index contributed by atoms with van der Waals surface area (Å²) in [6.07, 6.45) is 5.60. The van der Waals surface area contributed by atoms with Gasteiger partial charge in [-0.25, -0.2) is 24.6 Å². The Labute approximate surface area is 138 Å². The maximum Gasteiger partial charge on any atom is 0.245 e. The molecule has 1 aliphatic rings. The SMILES string of the molecule is C[C@H](c1ccncn1)N(C)c1nc2nonc2nc1N1CCCC1. The minimum absolute atomic E-state index is 0.0148. The minimum atomic E-state index is 0.0148. The zero-order chi connectivity index (χ0) is 16.5. The van der Waals surface area contributed by atoms with E-state index in [1.807, 2.05) is 13.1 Å². The van der Waals surface area contributed by atoms with Crippen molar-refractivity contribution in [3.63, 3.8) is 0 Å². The first-order valence-corrected chi connectivity index (χ1v) is 7.98. The van der Waals surface area contributed by atoms with Crippen molar-refractivity contribution in [2.24, 2.45) is 0 Å². The van der Waals surface area contributed by atoms with E-state index in [2.05, 4.69) is 47.0 Å². The van der Waals surface area contributed by atoms with Gasteiger partial charge < -0.3 is 9.80 Å². The number of nitrogens with zero attached hydrogens (tertiary/aromatic N) is 8. The average Bonchev–Trinajstić information content (AvgIpc) is 3.31. The van der Waals surface area contributed by atoms with Crippen LogP contribution in [0.5, 0.6) is 0 Å². The highest BCUT2D eigenvalue weighted by atomic mass is 16.6. The smallest absolute Gasteiger partial charge is 0.245 e. The normalized spacial score (nSPS) is 15.8. The van der Waals surface area contributed by atoms with Crippen LogP contribution in [0.3, 0.4) is 0 Å². The molecule has 3 aromatic heterocycles. The molecule has 0 spiro atoms. The first-order valence-electron chi connectivity index (χ1n) is 7.98. The molecule has 3 aromatic rings. The third kappa shape index (κ3) is 2.51. The van der Waals surface area contributed by atoms with Gasteiger partial charge in [-0.05, 0) is 36.1 Å². The summed E-state index contributed by atoms with van der Waals surface area (Å²) in [7, 11) is 1.98. The van der Waals surface area contributed by atoms with E-state index < -0.39 is 0 Å². The van der Waals surface area contributed by atoms with E-state index in [-0.39, 0.29) is 6.04 Å². The molecule has 0 N–H and O–H groups in total. The van der Waals surface area contributed by atoms with Gasteiger partial charge in [0.1, 0.15) is 6.33 Å². The van der Waals surface area contributed by atoms with E-state index >= 15 is 0 Å². The van der Waals surface area contributed by atoms with Crippen LogP contribution in [0.1, 0.15) is 31.5 Å². The first-order chi connectivity index (χ1) is 11.7. The first kappa shape index (κ1) is 14.7. The van der Waals surface area contributed by atoms with Gasteiger partial charge in [-0.2, -0.15) is 0 Å². The zero-order valence-corrected chi connectivity index (χ0v) is 13.6. The molecule has 1 saturated heterocycles. The van der Waals surface area contributed by atoms with E-state index in [0.717, 1.165) is 43.3 Å². The summed E-state index contributed by atoms with van der Waals surface area (Å²) in [6, 6.07) is 1.92. The van der Waals surface area contributed by atoms with Gasteiger partial charge in [-0.3, -0.25) is 0 Å². The lowest BCUT2D eigenvalue weighted by Crippen LogP contribution is -2.28. The molecule has 124 valence electrons. The van der Waals surface area contributed by atoms with Gasteiger partial charge in [0.25, 0.3) is 0 Å². The summed E-state index contributed by atoms with van der Waals surface area (Å²) in [5.41, 5.74) is 1.76. The van der Waals surface area contributed by atoms with E-state index in [1.165, 1.54) is 0 Å². The Morgan fingerprint density at radius 2 is 1.92 bits per heavy atom. The number of anilines is 2. The largest absolute Gasteiger partial charge is 0.353 e. The van der Waals surface area contributed by atoms with Crippen LogP contribution in [0.2, 0.25) is 0 Å². The van der Waals surface area contributed by atoms with Crippen molar-refractivity contribution in [2.45, 2.75) is 25.8 Å². The Kier molecular flexibility index (Phi) is 3.68. The van der Waals surface area contributed by atoms with Crippen molar-refractivity contribution >= 4 is 22.9 Å². The predicted octanol–water partition coefficient (Wildman–Crippen LogP) is 1.60. The summed E-state index contributed by atoms with van der Waals surface area (Å²) < 4.78 is 4.78. The van der Waals surface area contributed by atoms with E-state index in [9.17, 15) is 0 Å². The molecular formula is C15H18N8O.